The fourth-order valence-corrected chi connectivity index (χ4v) is 8.80. The van der Waals surface area contributed by atoms with Gasteiger partial charge in [-0.25, -0.2) is 15.0 Å². The van der Waals surface area contributed by atoms with Crippen LogP contribution in [0.3, 0.4) is 0 Å². The monoisotopic (exact) mass is 751 g/mol. The molecule has 0 radical (unpaired) electrons. The molecule has 0 fully saturated rings. The zero-order valence-electron chi connectivity index (χ0n) is 31.8. The Bertz CT molecular complexity index is 3520. The molecule has 9 aromatic carbocycles. The molecule has 0 saturated heterocycles. The molecule has 0 aliphatic carbocycles. The van der Waals surface area contributed by atoms with Crippen LogP contribution in [-0.4, -0.2) is 15.0 Å². The van der Waals surface area contributed by atoms with Crippen LogP contribution in [0.15, 0.2) is 205 Å². The average molecular weight is 752 g/mol. The van der Waals surface area contributed by atoms with Crippen molar-refractivity contribution in [1.82, 2.24) is 15.0 Å². The smallest absolute Gasteiger partial charge is 0.160 e. The number of benzene rings is 9. The number of furan rings is 1. The molecule has 0 bridgehead atoms. The predicted octanol–water partition coefficient (Wildman–Crippen LogP) is 14.7. The van der Waals surface area contributed by atoms with E-state index in [0.717, 1.165) is 105 Å². The maximum Gasteiger partial charge on any atom is 0.160 e. The van der Waals surface area contributed by atoms with Crippen molar-refractivity contribution in [2.24, 2.45) is 0 Å². The van der Waals surface area contributed by atoms with Gasteiger partial charge < -0.3 is 4.42 Å². The number of hydrogen-bond acceptors (Lipinski definition) is 4. The summed E-state index contributed by atoms with van der Waals surface area (Å²) in [6.07, 6.45) is 0. The highest BCUT2D eigenvalue weighted by molar-refractivity contribution is 6.24. The molecule has 12 rings (SSSR count). The van der Waals surface area contributed by atoms with Crippen molar-refractivity contribution in [3.63, 3.8) is 0 Å². The summed E-state index contributed by atoms with van der Waals surface area (Å²) in [5, 5.41) is 10.0. The van der Waals surface area contributed by atoms with E-state index >= 15 is 0 Å². The lowest BCUT2D eigenvalue weighted by Crippen LogP contribution is -2.01. The maximum atomic E-state index is 6.65. The molecule has 0 aliphatic heterocycles. The minimum absolute atomic E-state index is 0.675. The normalized spacial score (nSPS) is 11.7. The second-order valence-electron chi connectivity index (χ2n) is 15.1. The highest BCUT2D eigenvalue weighted by atomic mass is 16.3. The number of hydrogen-bond donors (Lipinski definition) is 0. The van der Waals surface area contributed by atoms with Crippen molar-refractivity contribution in [2.75, 3.05) is 0 Å². The van der Waals surface area contributed by atoms with Crippen LogP contribution in [-0.2, 0) is 0 Å². The minimum atomic E-state index is 0.675. The number of aromatic nitrogens is 3. The van der Waals surface area contributed by atoms with Crippen molar-refractivity contribution >= 4 is 65.2 Å². The van der Waals surface area contributed by atoms with Gasteiger partial charge in [0.15, 0.2) is 5.82 Å². The molecule has 4 heteroatoms. The van der Waals surface area contributed by atoms with Gasteiger partial charge in [0.25, 0.3) is 0 Å². The summed E-state index contributed by atoms with van der Waals surface area (Å²) in [6.45, 7) is 0. The number of rotatable bonds is 5. The van der Waals surface area contributed by atoms with E-state index in [1.165, 1.54) is 10.8 Å². The second-order valence-corrected chi connectivity index (χ2v) is 15.1. The van der Waals surface area contributed by atoms with E-state index in [1.807, 2.05) is 30.3 Å². The van der Waals surface area contributed by atoms with Crippen LogP contribution in [0.4, 0.5) is 0 Å². The summed E-state index contributed by atoms with van der Waals surface area (Å²) in [4.78, 5) is 16.3. The maximum absolute atomic E-state index is 6.65. The number of fused-ring (bicyclic) bond motifs is 9. The third-order valence-electron chi connectivity index (χ3n) is 11.6. The Morgan fingerprint density at radius 2 is 0.881 bits per heavy atom. The largest absolute Gasteiger partial charge is 0.455 e. The summed E-state index contributed by atoms with van der Waals surface area (Å²) in [6, 6.07) is 70.3. The van der Waals surface area contributed by atoms with Crippen molar-refractivity contribution < 1.29 is 4.42 Å². The molecule has 0 aliphatic rings. The third kappa shape index (κ3) is 5.49. The molecule has 0 saturated carbocycles. The molecule has 3 heterocycles. The predicted molar refractivity (Wildman–Crippen MR) is 244 cm³/mol. The number of pyridine rings is 1. The first-order valence-electron chi connectivity index (χ1n) is 19.9. The van der Waals surface area contributed by atoms with Gasteiger partial charge in [0, 0.05) is 54.7 Å². The number of para-hydroxylation sites is 2. The fraction of sp³-hybridized carbons (Fsp3) is 0. The lowest BCUT2D eigenvalue weighted by atomic mass is 9.90. The van der Waals surface area contributed by atoms with E-state index in [-0.39, 0.29) is 0 Å². The standard InChI is InChI=1S/C55H33N3O/c1-2-15-36(16-3-1)55-57-52(41-27-25-34-13-4-6-17-37(34)31-41)49(53(58-55)42-28-26-35-14-5-7-18-38(35)32-42)39-19-12-20-40(33-39)51-46-30-29-44-43-21-9-11-24-48(43)59-54(44)50(46)45-22-8-10-23-47(45)56-51/h1-33H. The topological polar surface area (TPSA) is 51.8 Å². The summed E-state index contributed by atoms with van der Waals surface area (Å²) in [5.41, 5.74) is 11.2. The van der Waals surface area contributed by atoms with Crippen molar-refractivity contribution in [1.29, 1.82) is 0 Å². The first kappa shape index (κ1) is 33.2. The Morgan fingerprint density at radius 1 is 0.322 bits per heavy atom. The van der Waals surface area contributed by atoms with Crippen molar-refractivity contribution in [2.45, 2.75) is 0 Å². The van der Waals surface area contributed by atoms with Gasteiger partial charge in [0.05, 0.1) is 22.6 Å². The molecular formula is C55H33N3O. The Kier molecular flexibility index (Phi) is 7.50. The molecule has 0 N–H and O–H groups in total. The lowest BCUT2D eigenvalue weighted by Gasteiger charge is -2.18. The van der Waals surface area contributed by atoms with Crippen LogP contribution < -0.4 is 0 Å². The Hall–Kier alpha value is -7.95. The minimum Gasteiger partial charge on any atom is -0.455 e. The molecule has 274 valence electrons. The van der Waals surface area contributed by atoms with Gasteiger partial charge in [-0.2, -0.15) is 0 Å². The van der Waals surface area contributed by atoms with Crippen LogP contribution in [0, 0.1) is 0 Å². The molecular weight excluding hydrogens is 719 g/mol. The first-order valence-corrected chi connectivity index (χ1v) is 19.9. The molecule has 0 atom stereocenters. The fourth-order valence-electron chi connectivity index (χ4n) is 8.80. The van der Waals surface area contributed by atoms with E-state index in [0.29, 0.717) is 5.82 Å². The van der Waals surface area contributed by atoms with E-state index < -0.39 is 0 Å². The van der Waals surface area contributed by atoms with Crippen LogP contribution in [0.2, 0.25) is 0 Å². The summed E-state index contributed by atoms with van der Waals surface area (Å²) in [7, 11) is 0. The summed E-state index contributed by atoms with van der Waals surface area (Å²) >= 11 is 0. The highest BCUT2D eigenvalue weighted by Gasteiger charge is 2.23. The van der Waals surface area contributed by atoms with E-state index in [2.05, 4.69) is 170 Å². The first-order chi connectivity index (χ1) is 29.2. The van der Waals surface area contributed by atoms with Gasteiger partial charge in [-0.1, -0.05) is 164 Å². The summed E-state index contributed by atoms with van der Waals surface area (Å²) in [5.74, 6) is 0.675. The van der Waals surface area contributed by atoms with Gasteiger partial charge in [0.2, 0.25) is 0 Å². The van der Waals surface area contributed by atoms with Crippen LogP contribution in [0.5, 0.6) is 0 Å². The molecule has 12 aromatic rings. The van der Waals surface area contributed by atoms with Crippen LogP contribution in [0.1, 0.15) is 0 Å². The van der Waals surface area contributed by atoms with Gasteiger partial charge in [-0.15, -0.1) is 0 Å². The number of nitrogens with zero attached hydrogens (tertiary/aromatic N) is 3. The average Bonchev–Trinajstić information content (AvgIpc) is 3.70. The van der Waals surface area contributed by atoms with Crippen molar-refractivity contribution in [3.05, 3.63) is 200 Å². The molecule has 0 amide bonds. The van der Waals surface area contributed by atoms with E-state index in [1.54, 1.807) is 0 Å². The Morgan fingerprint density at radius 3 is 1.61 bits per heavy atom. The highest BCUT2D eigenvalue weighted by Crippen LogP contribution is 2.44. The Balaban J connectivity index is 1.16. The van der Waals surface area contributed by atoms with Crippen molar-refractivity contribution in [3.8, 4) is 56.3 Å². The van der Waals surface area contributed by atoms with Crippen LogP contribution in [0.25, 0.3) is 121 Å². The molecule has 0 spiro atoms. The lowest BCUT2D eigenvalue weighted by molar-refractivity contribution is 0.673. The van der Waals surface area contributed by atoms with E-state index in [9.17, 15) is 0 Å². The zero-order chi connectivity index (χ0) is 38.9. The zero-order valence-corrected chi connectivity index (χ0v) is 31.8. The molecule has 59 heavy (non-hydrogen) atoms. The van der Waals surface area contributed by atoms with Gasteiger partial charge in [-0.3, -0.25) is 0 Å². The Labute approximate surface area is 339 Å². The second kappa shape index (κ2) is 13.3. The molecule has 0 unspecified atom stereocenters. The molecule has 4 nitrogen and oxygen atoms in total. The van der Waals surface area contributed by atoms with E-state index in [4.69, 9.17) is 19.4 Å². The quantitative estimate of drug-likeness (QED) is 0.164. The van der Waals surface area contributed by atoms with Gasteiger partial charge in [-0.05, 0) is 63.5 Å². The summed E-state index contributed by atoms with van der Waals surface area (Å²) < 4.78 is 6.65. The van der Waals surface area contributed by atoms with Gasteiger partial charge >= 0.3 is 0 Å². The third-order valence-corrected chi connectivity index (χ3v) is 11.6. The SMILES string of the molecule is c1ccc(-c2nc(-c3ccc4ccccc4c3)c(-c3cccc(-c4nc5ccccc5c5c4ccc4c6ccccc6oc45)c3)c(-c3ccc4ccccc4c3)n2)cc1. The van der Waals surface area contributed by atoms with Crippen LogP contribution >= 0.6 is 0 Å². The van der Waals surface area contributed by atoms with Gasteiger partial charge in [0.1, 0.15) is 11.2 Å². The molecule has 3 aromatic heterocycles.